The van der Waals surface area contributed by atoms with Crippen LogP contribution in [0.15, 0.2) is 18.3 Å². The molecule has 0 spiro atoms. The Balaban J connectivity index is 1.33. The Morgan fingerprint density at radius 3 is 2.69 bits per heavy atom. The number of aromatic amines is 1. The van der Waals surface area contributed by atoms with E-state index in [4.69, 9.17) is 4.74 Å². The predicted molar refractivity (Wildman–Crippen MR) is 115 cm³/mol. The highest BCUT2D eigenvalue weighted by atomic mass is 32.1. The standard InChI is InChI=1S/C21H25N5O2S/c1-13-14(2)29-20(23-13)17-12-16-18(6-7-22-19(16)24-17)25-8-10-26(11-9-25)21(27)28-15-4-3-5-15/h6-7,12,15H,3-5,8-11H2,1-2H3,(H,22,24). The van der Waals surface area contributed by atoms with Crippen molar-refractivity contribution in [2.75, 3.05) is 31.1 Å². The molecule has 4 heterocycles. The second-order valence-corrected chi connectivity index (χ2v) is 9.05. The average molecular weight is 412 g/mol. The molecule has 152 valence electrons. The molecule has 29 heavy (non-hydrogen) atoms. The van der Waals surface area contributed by atoms with E-state index in [2.05, 4.69) is 38.9 Å². The van der Waals surface area contributed by atoms with Gasteiger partial charge in [-0.15, -0.1) is 11.3 Å². The topological polar surface area (TPSA) is 74.3 Å². The van der Waals surface area contributed by atoms with E-state index in [1.54, 1.807) is 11.3 Å². The first-order valence-electron chi connectivity index (χ1n) is 10.2. The first-order chi connectivity index (χ1) is 14.1. The van der Waals surface area contributed by atoms with Gasteiger partial charge in [-0.05, 0) is 45.2 Å². The second kappa shape index (κ2) is 7.33. The van der Waals surface area contributed by atoms with Crippen molar-refractivity contribution in [2.24, 2.45) is 0 Å². The number of carbonyl (C=O) groups is 1. The summed E-state index contributed by atoms with van der Waals surface area (Å²) in [5.74, 6) is 0. The lowest BCUT2D eigenvalue weighted by Gasteiger charge is -2.37. The molecule has 0 atom stereocenters. The van der Waals surface area contributed by atoms with Gasteiger partial charge in [0.1, 0.15) is 16.8 Å². The number of rotatable bonds is 3. The van der Waals surface area contributed by atoms with Crippen LogP contribution in [0.25, 0.3) is 21.7 Å². The number of H-pyrrole nitrogens is 1. The maximum Gasteiger partial charge on any atom is 0.410 e. The summed E-state index contributed by atoms with van der Waals surface area (Å²) in [6.07, 6.45) is 5.00. The quantitative estimate of drug-likeness (QED) is 0.702. The Hall–Kier alpha value is -2.61. The molecule has 1 amide bonds. The molecule has 1 saturated heterocycles. The van der Waals surface area contributed by atoms with Crippen LogP contribution in [-0.4, -0.2) is 58.2 Å². The lowest BCUT2D eigenvalue weighted by molar-refractivity contribution is 0.0260. The van der Waals surface area contributed by atoms with E-state index in [1.165, 1.54) is 11.3 Å². The maximum absolute atomic E-state index is 12.3. The number of pyridine rings is 1. The highest BCUT2D eigenvalue weighted by Crippen LogP contribution is 2.33. The number of aromatic nitrogens is 3. The molecule has 1 saturated carbocycles. The van der Waals surface area contributed by atoms with Gasteiger partial charge in [0.25, 0.3) is 0 Å². The summed E-state index contributed by atoms with van der Waals surface area (Å²) in [5, 5.41) is 2.09. The van der Waals surface area contributed by atoms with E-state index in [0.717, 1.165) is 59.0 Å². The number of ether oxygens (including phenoxy) is 1. The summed E-state index contributed by atoms with van der Waals surface area (Å²) in [6.45, 7) is 7.06. The van der Waals surface area contributed by atoms with E-state index >= 15 is 0 Å². The van der Waals surface area contributed by atoms with E-state index in [1.807, 2.05) is 18.0 Å². The highest BCUT2D eigenvalue weighted by Gasteiger charge is 2.28. The molecule has 0 radical (unpaired) electrons. The number of fused-ring (bicyclic) bond motifs is 1. The van der Waals surface area contributed by atoms with Crippen LogP contribution in [-0.2, 0) is 4.74 Å². The summed E-state index contributed by atoms with van der Waals surface area (Å²) in [5.41, 5.74) is 4.09. The van der Waals surface area contributed by atoms with Crippen LogP contribution in [0.4, 0.5) is 10.5 Å². The van der Waals surface area contributed by atoms with Crippen LogP contribution in [0.1, 0.15) is 29.8 Å². The molecule has 2 aliphatic rings. The summed E-state index contributed by atoms with van der Waals surface area (Å²) in [6, 6.07) is 4.20. The number of hydrogen-bond acceptors (Lipinski definition) is 6. The van der Waals surface area contributed by atoms with Gasteiger partial charge in [-0.25, -0.2) is 14.8 Å². The summed E-state index contributed by atoms with van der Waals surface area (Å²) in [4.78, 5) is 30.3. The molecule has 1 aliphatic heterocycles. The minimum atomic E-state index is -0.160. The Morgan fingerprint density at radius 1 is 1.24 bits per heavy atom. The molecule has 1 N–H and O–H groups in total. The van der Waals surface area contributed by atoms with Crippen molar-refractivity contribution in [1.29, 1.82) is 0 Å². The number of anilines is 1. The number of thiazole rings is 1. The van der Waals surface area contributed by atoms with E-state index in [9.17, 15) is 4.79 Å². The molecule has 3 aromatic heterocycles. The van der Waals surface area contributed by atoms with Gasteiger partial charge >= 0.3 is 6.09 Å². The minimum Gasteiger partial charge on any atom is -0.446 e. The molecule has 5 rings (SSSR count). The third-order valence-electron chi connectivity index (χ3n) is 5.97. The lowest BCUT2D eigenvalue weighted by atomic mass is 9.96. The number of piperazine rings is 1. The van der Waals surface area contributed by atoms with E-state index in [-0.39, 0.29) is 12.2 Å². The van der Waals surface area contributed by atoms with Crippen LogP contribution in [0.3, 0.4) is 0 Å². The third-order valence-corrected chi connectivity index (χ3v) is 7.07. The largest absolute Gasteiger partial charge is 0.446 e. The lowest BCUT2D eigenvalue weighted by Crippen LogP contribution is -2.49. The molecule has 0 bridgehead atoms. The number of aryl methyl sites for hydroxylation is 2. The molecule has 2 fully saturated rings. The van der Waals surface area contributed by atoms with Crippen molar-refractivity contribution in [3.05, 3.63) is 28.9 Å². The molecular weight excluding hydrogens is 386 g/mol. The zero-order valence-corrected chi connectivity index (χ0v) is 17.6. The molecular formula is C21H25N5O2S. The van der Waals surface area contributed by atoms with Gasteiger partial charge < -0.3 is 19.5 Å². The fourth-order valence-electron chi connectivity index (χ4n) is 3.83. The Bertz CT molecular complexity index is 1030. The van der Waals surface area contributed by atoms with E-state index < -0.39 is 0 Å². The molecule has 1 aliphatic carbocycles. The normalized spacial score (nSPS) is 17.6. The first kappa shape index (κ1) is 18.4. The molecule has 8 heteroatoms. The van der Waals surface area contributed by atoms with Crippen LogP contribution < -0.4 is 4.90 Å². The Kier molecular flexibility index (Phi) is 4.66. The summed E-state index contributed by atoms with van der Waals surface area (Å²) in [7, 11) is 0. The smallest absolute Gasteiger partial charge is 0.410 e. The summed E-state index contributed by atoms with van der Waals surface area (Å²) >= 11 is 1.70. The second-order valence-electron chi connectivity index (χ2n) is 7.85. The minimum absolute atomic E-state index is 0.136. The monoisotopic (exact) mass is 411 g/mol. The van der Waals surface area contributed by atoms with Crippen LogP contribution in [0.5, 0.6) is 0 Å². The maximum atomic E-state index is 12.3. The van der Waals surface area contributed by atoms with Gasteiger partial charge in [-0.2, -0.15) is 0 Å². The van der Waals surface area contributed by atoms with Gasteiger partial charge in [-0.1, -0.05) is 0 Å². The number of carbonyl (C=O) groups excluding carboxylic acids is 1. The molecule has 7 nitrogen and oxygen atoms in total. The van der Waals surface area contributed by atoms with E-state index in [0.29, 0.717) is 13.1 Å². The molecule has 3 aromatic rings. The Morgan fingerprint density at radius 2 is 2.03 bits per heavy atom. The van der Waals surface area contributed by atoms with Crippen molar-refractivity contribution in [3.8, 4) is 10.7 Å². The van der Waals surface area contributed by atoms with Crippen LogP contribution >= 0.6 is 11.3 Å². The molecule has 0 unspecified atom stereocenters. The van der Waals surface area contributed by atoms with Gasteiger partial charge in [0, 0.05) is 48.3 Å². The van der Waals surface area contributed by atoms with Gasteiger partial charge in [-0.3, -0.25) is 0 Å². The Labute approximate surface area is 173 Å². The predicted octanol–water partition coefficient (Wildman–Crippen LogP) is 4.11. The number of nitrogens with zero attached hydrogens (tertiary/aromatic N) is 4. The van der Waals surface area contributed by atoms with Crippen molar-refractivity contribution < 1.29 is 9.53 Å². The summed E-state index contributed by atoms with van der Waals surface area (Å²) < 4.78 is 5.55. The number of nitrogens with one attached hydrogen (secondary N) is 1. The average Bonchev–Trinajstić information content (AvgIpc) is 3.28. The number of hydrogen-bond donors (Lipinski definition) is 1. The van der Waals surface area contributed by atoms with Crippen molar-refractivity contribution in [2.45, 2.75) is 39.2 Å². The van der Waals surface area contributed by atoms with Gasteiger partial charge in [0.2, 0.25) is 0 Å². The SMILES string of the molecule is Cc1nc(-c2cc3c(N4CCN(C(=O)OC5CCC5)CC4)ccnc3[nH]2)sc1C. The van der Waals surface area contributed by atoms with Crippen molar-refractivity contribution >= 4 is 34.2 Å². The first-order valence-corrected chi connectivity index (χ1v) is 11.0. The highest BCUT2D eigenvalue weighted by molar-refractivity contribution is 7.15. The number of amides is 1. The van der Waals surface area contributed by atoms with Gasteiger partial charge in [0.05, 0.1) is 11.4 Å². The zero-order valence-electron chi connectivity index (χ0n) is 16.8. The van der Waals surface area contributed by atoms with Crippen LogP contribution in [0.2, 0.25) is 0 Å². The van der Waals surface area contributed by atoms with Crippen molar-refractivity contribution in [3.63, 3.8) is 0 Å². The third kappa shape index (κ3) is 3.46. The van der Waals surface area contributed by atoms with Crippen molar-refractivity contribution in [1.82, 2.24) is 19.9 Å². The zero-order chi connectivity index (χ0) is 20.0. The fourth-order valence-corrected chi connectivity index (χ4v) is 4.71. The van der Waals surface area contributed by atoms with Crippen LogP contribution in [0, 0.1) is 13.8 Å². The van der Waals surface area contributed by atoms with Gasteiger partial charge in [0.15, 0.2) is 0 Å². The fraction of sp³-hybridized carbons (Fsp3) is 0.476. The molecule has 0 aromatic carbocycles.